The number of hydrogen-bond donors (Lipinski definition) is 0. The Morgan fingerprint density at radius 2 is 2.19 bits per heavy atom. The zero-order chi connectivity index (χ0) is 15.6. The zero-order valence-corrected chi connectivity index (χ0v) is 12.5. The standard InChI is InChI=1S/C13H20N4O4/c1-4-10-12(17(19)20)13(15(3)14-10)16(9-6-7-9)8-11(18)21-5-2/h9H,4-8H2,1-3H3. The molecule has 0 atom stereocenters. The summed E-state index contributed by atoms with van der Waals surface area (Å²) in [5.41, 5.74) is 0.434. The number of anilines is 1. The van der Waals surface area contributed by atoms with Crippen LogP contribution in [0, 0.1) is 10.1 Å². The maximum absolute atomic E-state index is 11.8. The smallest absolute Gasteiger partial charge is 0.334 e. The number of carbonyl (C=O) groups excluding carboxylic acids is 1. The maximum Gasteiger partial charge on any atom is 0.334 e. The van der Waals surface area contributed by atoms with Gasteiger partial charge in [0.25, 0.3) is 0 Å². The minimum absolute atomic E-state index is 0.00352. The number of esters is 1. The van der Waals surface area contributed by atoms with E-state index < -0.39 is 4.92 Å². The van der Waals surface area contributed by atoms with Gasteiger partial charge in [-0.15, -0.1) is 0 Å². The van der Waals surface area contributed by atoms with Gasteiger partial charge in [-0.05, 0) is 26.2 Å². The SMILES string of the molecule is CCOC(=O)CN(c1c([N+](=O)[O-])c(CC)nn1C)C1CC1. The molecule has 0 saturated heterocycles. The number of rotatable bonds is 7. The van der Waals surface area contributed by atoms with Crippen molar-refractivity contribution in [3.63, 3.8) is 0 Å². The number of aromatic nitrogens is 2. The summed E-state index contributed by atoms with van der Waals surface area (Å²) in [7, 11) is 1.67. The Bertz CT molecular complexity index is 551. The van der Waals surface area contributed by atoms with E-state index in [0.29, 0.717) is 24.5 Å². The summed E-state index contributed by atoms with van der Waals surface area (Å²) in [6.07, 6.45) is 2.31. The molecule has 2 rings (SSSR count). The highest BCUT2D eigenvalue weighted by Gasteiger charge is 2.38. The average molecular weight is 296 g/mol. The molecule has 1 aliphatic carbocycles. The second kappa shape index (κ2) is 6.11. The lowest BCUT2D eigenvalue weighted by atomic mass is 10.2. The lowest BCUT2D eigenvalue weighted by Crippen LogP contribution is -2.34. The molecule has 0 radical (unpaired) electrons. The fraction of sp³-hybridized carbons (Fsp3) is 0.692. The van der Waals surface area contributed by atoms with Crippen molar-refractivity contribution in [2.24, 2.45) is 7.05 Å². The van der Waals surface area contributed by atoms with Crippen LogP contribution in [0.5, 0.6) is 0 Å². The quantitative estimate of drug-likeness (QED) is 0.429. The fourth-order valence-electron chi connectivity index (χ4n) is 2.41. The van der Waals surface area contributed by atoms with Gasteiger partial charge >= 0.3 is 11.7 Å². The summed E-state index contributed by atoms with van der Waals surface area (Å²) < 4.78 is 6.46. The minimum atomic E-state index is -0.415. The highest BCUT2D eigenvalue weighted by Crippen LogP contribution is 2.38. The van der Waals surface area contributed by atoms with Crippen molar-refractivity contribution in [3.8, 4) is 0 Å². The molecule has 0 amide bonds. The fourth-order valence-corrected chi connectivity index (χ4v) is 2.41. The third kappa shape index (κ3) is 3.14. The normalized spacial score (nSPS) is 14.0. The van der Waals surface area contributed by atoms with E-state index in [0.717, 1.165) is 12.8 Å². The topological polar surface area (TPSA) is 90.5 Å². The van der Waals surface area contributed by atoms with Crippen LogP contribution < -0.4 is 4.90 Å². The van der Waals surface area contributed by atoms with E-state index in [4.69, 9.17) is 4.74 Å². The van der Waals surface area contributed by atoms with Crippen molar-refractivity contribution < 1.29 is 14.5 Å². The molecule has 0 bridgehead atoms. The summed E-state index contributed by atoms with van der Waals surface area (Å²) in [6.45, 7) is 3.88. The molecule has 0 unspecified atom stereocenters. The van der Waals surface area contributed by atoms with Crippen LogP contribution in [0.25, 0.3) is 0 Å². The Balaban J connectivity index is 2.38. The van der Waals surface area contributed by atoms with Gasteiger partial charge in [0.1, 0.15) is 12.2 Å². The highest BCUT2D eigenvalue weighted by atomic mass is 16.6. The van der Waals surface area contributed by atoms with Crippen LogP contribution in [0.15, 0.2) is 0 Å². The first kappa shape index (κ1) is 15.3. The van der Waals surface area contributed by atoms with Crippen LogP contribution in [0.4, 0.5) is 11.5 Å². The van der Waals surface area contributed by atoms with Gasteiger partial charge in [0, 0.05) is 13.1 Å². The van der Waals surface area contributed by atoms with E-state index in [2.05, 4.69) is 5.10 Å². The first-order valence-electron chi connectivity index (χ1n) is 7.12. The summed E-state index contributed by atoms with van der Waals surface area (Å²) in [6, 6.07) is 0.146. The Hall–Kier alpha value is -2.12. The van der Waals surface area contributed by atoms with Crippen LogP contribution in [0.3, 0.4) is 0 Å². The number of ether oxygens (including phenoxy) is 1. The number of aryl methyl sites for hydroxylation is 2. The Kier molecular flexibility index (Phi) is 4.44. The van der Waals surface area contributed by atoms with E-state index in [1.54, 1.807) is 18.9 Å². The average Bonchev–Trinajstić information content (AvgIpc) is 3.19. The zero-order valence-electron chi connectivity index (χ0n) is 12.5. The Morgan fingerprint density at radius 1 is 1.52 bits per heavy atom. The number of nitro groups is 1. The highest BCUT2D eigenvalue weighted by molar-refractivity contribution is 5.78. The molecule has 1 aromatic heterocycles. The third-order valence-corrected chi connectivity index (χ3v) is 3.44. The molecule has 116 valence electrons. The van der Waals surface area contributed by atoms with E-state index >= 15 is 0 Å². The van der Waals surface area contributed by atoms with Gasteiger partial charge in [-0.3, -0.25) is 14.9 Å². The van der Waals surface area contributed by atoms with Crippen LogP contribution in [-0.4, -0.2) is 39.9 Å². The van der Waals surface area contributed by atoms with Crippen molar-refractivity contribution in [2.45, 2.75) is 39.2 Å². The van der Waals surface area contributed by atoms with Crippen LogP contribution >= 0.6 is 0 Å². The van der Waals surface area contributed by atoms with Gasteiger partial charge < -0.3 is 9.64 Å². The molecule has 0 aliphatic heterocycles. The Labute approximate surface area is 122 Å². The molecule has 1 fully saturated rings. The van der Waals surface area contributed by atoms with Crippen molar-refractivity contribution in [2.75, 3.05) is 18.1 Å². The summed E-state index contributed by atoms with van der Waals surface area (Å²) in [4.78, 5) is 24.5. The molecule has 8 heteroatoms. The molecule has 1 heterocycles. The molecule has 0 N–H and O–H groups in total. The summed E-state index contributed by atoms with van der Waals surface area (Å²) in [5.74, 6) is 0.0188. The molecule has 1 aliphatic rings. The first-order chi connectivity index (χ1) is 9.99. The van der Waals surface area contributed by atoms with E-state index in [1.165, 1.54) is 4.68 Å². The first-order valence-corrected chi connectivity index (χ1v) is 7.12. The van der Waals surface area contributed by atoms with E-state index in [1.807, 2.05) is 6.92 Å². The number of nitrogens with zero attached hydrogens (tertiary/aromatic N) is 4. The lowest BCUT2D eigenvalue weighted by molar-refractivity contribution is -0.384. The molecule has 1 saturated carbocycles. The maximum atomic E-state index is 11.8. The molecular weight excluding hydrogens is 276 g/mol. The molecule has 1 aromatic rings. The van der Waals surface area contributed by atoms with Crippen molar-refractivity contribution in [1.29, 1.82) is 0 Å². The van der Waals surface area contributed by atoms with E-state index in [-0.39, 0.29) is 24.2 Å². The summed E-state index contributed by atoms with van der Waals surface area (Å²) >= 11 is 0. The van der Waals surface area contributed by atoms with E-state index in [9.17, 15) is 14.9 Å². The second-order valence-corrected chi connectivity index (χ2v) is 5.02. The van der Waals surface area contributed by atoms with Crippen molar-refractivity contribution >= 4 is 17.5 Å². The molecule has 0 spiro atoms. The van der Waals surface area contributed by atoms with Gasteiger partial charge in [-0.1, -0.05) is 6.92 Å². The molecule has 21 heavy (non-hydrogen) atoms. The molecular formula is C13H20N4O4. The second-order valence-electron chi connectivity index (χ2n) is 5.02. The third-order valence-electron chi connectivity index (χ3n) is 3.44. The van der Waals surface area contributed by atoms with Gasteiger partial charge in [-0.25, -0.2) is 4.68 Å². The van der Waals surface area contributed by atoms with Crippen LogP contribution in [-0.2, 0) is 23.0 Å². The van der Waals surface area contributed by atoms with Gasteiger partial charge in [0.15, 0.2) is 0 Å². The van der Waals surface area contributed by atoms with Gasteiger partial charge in [0.2, 0.25) is 5.82 Å². The van der Waals surface area contributed by atoms with Gasteiger partial charge in [0.05, 0.1) is 11.5 Å². The number of hydrogen-bond acceptors (Lipinski definition) is 6. The molecule has 8 nitrogen and oxygen atoms in total. The largest absolute Gasteiger partial charge is 0.465 e. The van der Waals surface area contributed by atoms with Crippen LogP contribution in [0.1, 0.15) is 32.4 Å². The monoisotopic (exact) mass is 296 g/mol. The van der Waals surface area contributed by atoms with Crippen molar-refractivity contribution in [3.05, 3.63) is 15.8 Å². The summed E-state index contributed by atoms with van der Waals surface area (Å²) in [5, 5.41) is 15.6. The lowest BCUT2D eigenvalue weighted by Gasteiger charge is -2.22. The van der Waals surface area contributed by atoms with Crippen LogP contribution in [0.2, 0.25) is 0 Å². The Morgan fingerprint density at radius 3 is 2.67 bits per heavy atom. The van der Waals surface area contributed by atoms with Gasteiger partial charge in [-0.2, -0.15) is 5.10 Å². The minimum Gasteiger partial charge on any atom is -0.465 e. The molecule has 0 aromatic carbocycles. The van der Waals surface area contributed by atoms with Crippen molar-refractivity contribution in [1.82, 2.24) is 9.78 Å². The predicted molar refractivity (Wildman–Crippen MR) is 76.2 cm³/mol. The number of carbonyl (C=O) groups is 1. The predicted octanol–water partition coefficient (Wildman–Crippen LogP) is 1.42.